The molecule has 2 aromatic rings. The first-order valence-electron chi connectivity index (χ1n) is 9.01. The molecule has 4 rings (SSSR count). The number of hydrogen-bond donors (Lipinski definition) is 1. The third-order valence-electron chi connectivity index (χ3n) is 5.03. The average molecular weight is 387 g/mol. The van der Waals surface area contributed by atoms with Crippen LogP contribution in [-0.2, 0) is 10.1 Å². The number of fused-ring (bicyclic) bond motifs is 4. The van der Waals surface area contributed by atoms with Crippen molar-refractivity contribution in [2.24, 2.45) is 0 Å². The molecule has 0 aromatic heterocycles. The Balaban J connectivity index is 0.000000376. The zero-order valence-corrected chi connectivity index (χ0v) is 16.8. The predicted octanol–water partition coefficient (Wildman–Crippen LogP) is 3.91. The molecule has 0 atom stereocenters. The van der Waals surface area contributed by atoms with Crippen molar-refractivity contribution in [3.8, 4) is 0 Å². The summed E-state index contributed by atoms with van der Waals surface area (Å²) in [7, 11) is 0.756. The highest BCUT2D eigenvalue weighted by Crippen LogP contribution is 2.45. The van der Waals surface area contributed by atoms with Crippen molar-refractivity contribution in [1.82, 2.24) is 4.90 Å². The molecule has 1 N–H and O–H groups in total. The average Bonchev–Trinajstić information content (AvgIpc) is 2.86. The lowest BCUT2D eigenvalue weighted by atomic mass is 9.91. The van der Waals surface area contributed by atoms with Gasteiger partial charge in [-0.05, 0) is 43.2 Å². The van der Waals surface area contributed by atoms with Gasteiger partial charge in [0, 0.05) is 42.6 Å². The molecular formula is C21H26N2O3S. The van der Waals surface area contributed by atoms with Crippen LogP contribution in [0.1, 0.15) is 24.0 Å². The Morgan fingerprint density at radius 3 is 1.59 bits per heavy atom. The summed E-state index contributed by atoms with van der Waals surface area (Å²) in [6.45, 7) is 2.28. The largest absolute Gasteiger partial charge is 0.344 e. The molecule has 27 heavy (non-hydrogen) atoms. The van der Waals surface area contributed by atoms with E-state index < -0.39 is 10.1 Å². The van der Waals surface area contributed by atoms with E-state index in [0.29, 0.717) is 6.26 Å². The molecule has 0 amide bonds. The van der Waals surface area contributed by atoms with Gasteiger partial charge < -0.3 is 9.80 Å². The summed E-state index contributed by atoms with van der Waals surface area (Å²) in [5.41, 5.74) is 8.54. The Bertz CT molecular complexity index is 897. The molecule has 0 bridgehead atoms. The first-order valence-corrected chi connectivity index (χ1v) is 10.9. The van der Waals surface area contributed by atoms with Crippen LogP contribution in [0, 0.1) is 0 Å². The number of benzene rings is 2. The maximum atomic E-state index is 9.19. The number of para-hydroxylation sites is 2. The topological polar surface area (TPSA) is 60.9 Å². The molecule has 2 aromatic carbocycles. The molecule has 0 radical (unpaired) electrons. The monoisotopic (exact) mass is 386 g/mol. The highest BCUT2D eigenvalue weighted by Gasteiger charge is 2.25. The first kappa shape index (κ1) is 19.6. The number of anilines is 2. The van der Waals surface area contributed by atoms with Gasteiger partial charge in [-0.1, -0.05) is 36.4 Å². The van der Waals surface area contributed by atoms with E-state index in [1.165, 1.54) is 33.6 Å². The summed E-state index contributed by atoms with van der Waals surface area (Å²) in [4.78, 5) is 4.80. The van der Waals surface area contributed by atoms with Crippen LogP contribution in [0.15, 0.2) is 48.5 Å². The summed E-state index contributed by atoms with van der Waals surface area (Å²) in [6.07, 6.45) is 2.98. The summed E-state index contributed by atoms with van der Waals surface area (Å²) in [6, 6.07) is 17.7. The van der Waals surface area contributed by atoms with Crippen molar-refractivity contribution in [3.63, 3.8) is 0 Å². The Hall–Kier alpha value is -2.15. The van der Waals surface area contributed by atoms with Crippen molar-refractivity contribution in [3.05, 3.63) is 59.7 Å². The second-order valence-electron chi connectivity index (χ2n) is 7.09. The van der Waals surface area contributed by atoms with Crippen molar-refractivity contribution in [2.75, 3.05) is 38.3 Å². The second-order valence-corrected chi connectivity index (χ2v) is 8.55. The molecule has 0 saturated heterocycles. The molecule has 0 saturated carbocycles. The smallest absolute Gasteiger partial charge is 0.261 e. The van der Waals surface area contributed by atoms with Crippen molar-refractivity contribution in [1.29, 1.82) is 0 Å². The molecule has 0 unspecified atom stereocenters. The van der Waals surface area contributed by atoms with Crippen LogP contribution in [-0.4, -0.2) is 51.3 Å². The fourth-order valence-corrected chi connectivity index (χ4v) is 3.79. The van der Waals surface area contributed by atoms with Gasteiger partial charge in [-0.15, -0.1) is 0 Å². The first-order chi connectivity index (χ1) is 12.8. The van der Waals surface area contributed by atoms with E-state index in [1.807, 2.05) is 0 Å². The van der Waals surface area contributed by atoms with Crippen LogP contribution >= 0.6 is 0 Å². The SMILES string of the molecule is CN1CCC2=C(CC1)c1ccccc1N(C)c1ccccc12.CS(=O)(=O)O. The van der Waals surface area contributed by atoms with Gasteiger partial charge in [0.05, 0.1) is 6.26 Å². The van der Waals surface area contributed by atoms with Crippen LogP contribution in [0.4, 0.5) is 11.4 Å². The maximum Gasteiger partial charge on any atom is 0.261 e. The fourth-order valence-electron chi connectivity index (χ4n) is 3.79. The molecule has 0 aliphatic carbocycles. The van der Waals surface area contributed by atoms with Crippen molar-refractivity contribution in [2.45, 2.75) is 12.8 Å². The quantitative estimate of drug-likeness (QED) is 0.696. The molecule has 2 heterocycles. The number of nitrogens with zero attached hydrogens (tertiary/aromatic N) is 2. The standard InChI is InChI=1S/C20H22N2.CH4O3S/c1-21-13-11-15-16(12-14-21)18-8-4-6-10-20(18)22(2)19-9-5-3-7-17(15)19;1-5(2,3)4/h3-10H,11-14H2,1-2H3;1H3,(H,2,3,4). The number of hydrogen-bond acceptors (Lipinski definition) is 4. The van der Waals surface area contributed by atoms with Gasteiger partial charge in [-0.2, -0.15) is 8.42 Å². The van der Waals surface area contributed by atoms with E-state index >= 15 is 0 Å². The van der Waals surface area contributed by atoms with Crippen LogP contribution in [0.25, 0.3) is 11.1 Å². The minimum Gasteiger partial charge on any atom is -0.344 e. The second kappa shape index (κ2) is 7.84. The Labute approximate surface area is 161 Å². The summed E-state index contributed by atoms with van der Waals surface area (Å²) >= 11 is 0. The van der Waals surface area contributed by atoms with E-state index in [2.05, 4.69) is 72.4 Å². The van der Waals surface area contributed by atoms with Crippen molar-refractivity contribution >= 4 is 32.6 Å². The highest BCUT2D eigenvalue weighted by molar-refractivity contribution is 7.85. The summed E-state index contributed by atoms with van der Waals surface area (Å²) < 4.78 is 25.9. The lowest BCUT2D eigenvalue weighted by Gasteiger charge is -2.23. The molecule has 2 aliphatic rings. The summed E-state index contributed by atoms with van der Waals surface area (Å²) in [5.74, 6) is 0. The lowest BCUT2D eigenvalue weighted by molar-refractivity contribution is 0.356. The third kappa shape index (κ3) is 4.58. The van der Waals surface area contributed by atoms with Crippen LogP contribution in [0.2, 0.25) is 0 Å². The predicted molar refractivity (Wildman–Crippen MR) is 112 cm³/mol. The summed E-state index contributed by atoms with van der Waals surface area (Å²) in [5, 5.41) is 0. The van der Waals surface area contributed by atoms with Crippen LogP contribution in [0.3, 0.4) is 0 Å². The third-order valence-corrected chi connectivity index (χ3v) is 5.03. The molecular weight excluding hydrogens is 360 g/mol. The van der Waals surface area contributed by atoms with E-state index in [0.717, 1.165) is 25.9 Å². The van der Waals surface area contributed by atoms with E-state index in [1.54, 1.807) is 0 Å². The zero-order chi connectivity index (χ0) is 19.6. The van der Waals surface area contributed by atoms with Gasteiger partial charge >= 0.3 is 0 Å². The molecule has 0 fully saturated rings. The normalized spacial score (nSPS) is 17.0. The van der Waals surface area contributed by atoms with Crippen molar-refractivity contribution < 1.29 is 13.0 Å². The minimum atomic E-state index is -3.67. The van der Waals surface area contributed by atoms with Gasteiger partial charge in [-0.3, -0.25) is 4.55 Å². The van der Waals surface area contributed by atoms with Gasteiger partial charge in [-0.25, -0.2) is 0 Å². The van der Waals surface area contributed by atoms with Crippen LogP contribution in [0.5, 0.6) is 0 Å². The zero-order valence-electron chi connectivity index (χ0n) is 16.0. The highest BCUT2D eigenvalue weighted by atomic mass is 32.2. The van der Waals surface area contributed by atoms with Gasteiger partial charge in [0.2, 0.25) is 0 Å². The van der Waals surface area contributed by atoms with E-state index in [-0.39, 0.29) is 0 Å². The minimum absolute atomic E-state index is 0.715. The molecule has 6 heteroatoms. The van der Waals surface area contributed by atoms with E-state index in [9.17, 15) is 8.42 Å². The van der Waals surface area contributed by atoms with Gasteiger partial charge in [0.15, 0.2) is 0 Å². The number of rotatable bonds is 0. The Kier molecular flexibility index (Phi) is 5.69. The fraction of sp³-hybridized carbons (Fsp3) is 0.333. The Morgan fingerprint density at radius 2 is 1.19 bits per heavy atom. The molecule has 144 valence electrons. The maximum absolute atomic E-state index is 9.19. The lowest BCUT2D eigenvalue weighted by Crippen LogP contribution is -2.19. The van der Waals surface area contributed by atoms with Gasteiger partial charge in [0.25, 0.3) is 10.1 Å². The molecule has 5 nitrogen and oxygen atoms in total. The van der Waals surface area contributed by atoms with Crippen LogP contribution < -0.4 is 4.90 Å². The molecule has 2 aliphatic heterocycles. The molecule has 0 spiro atoms. The Morgan fingerprint density at radius 1 is 0.815 bits per heavy atom. The van der Waals surface area contributed by atoms with E-state index in [4.69, 9.17) is 4.55 Å². The van der Waals surface area contributed by atoms with Gasteiger partial charge in [0.1, 0.15) is 0 Å².